The maximum Gasteiger partial charge on any atom is 0.247 e. The van der Waals surface area contributed by atoms with Gasteiger partial charge in [-0.15, -0.1) is 0 Å². The molecule has 0 saturated carbocycles. The number of Topliss-reactive ketones (excluding diaryl/α,β-unsaturated/α-hetero) is 1. The van der Waals surface area contributed by atoms with Crippen molar-refractivity contribution in [3.05, 3.63) is 28.5 Å². The van der Waals surface area contributed by atoms with Crippen molar-refractivity contribution < 1.29 is 9.59 Å². The maximum atomic E-state index is 12.2. The van der Waals surface area contributed by atoms with Crippen molar-refractivity contribution in [1.29, 1.82) is 5.26 Å². The van der Waals surface area contributed by atoms with E-state index in [4.69, 9.17) is 5.26 Å². The van der Waals surface area contributed by atoms with Crippen LogP contribution in [0.2, 0.25) is 0 Å². The summed E-state index contributed by atoms with van der Waals surface area (Å²) in [6.45, 7) is 1.25. The Morgan fingerprint density at radius 1 is 1.37 bits per heavy atom. The zero-order chi connectivity index (χ0) is 13.8. The summed E-state index contributed by atoms with van der Waals surface area (Å²) in [6, 6.07) is 3.38. The molecule has 1 saturated heterocycles. The topological polar surface area (TPSA) is 74.1 Å². The molecule has 0 N–H and O–H groups in total. The summed E-state index contributed by atoms with van der Waals surface area (Å²) >= 11 is 3.21. The van der Waals surface area contributed by atoms with Gasteiger partial charge in [-0.3, -0.25) is 14.6 Å². The summed E-state index contributed by atoms with van der Waals surface area (Å²) in [5, 5.41) is 9.11. The third-order valence-electron chi connectivity index (χ3n) is 3.05. The first-order valence-corrected chi connectivity index (χ1v) is 6.76. The monoisotopic (exact) mass is 321 g/mol. The van der Waals surface area contributed by atoms with Crippen molar-refractivity contribution in [3.8, 4) is 6.07 Å². The lowest BCUT2D eigenvalue weighted by molar-refractivity contribution is -0.131. The van der Waals surface area contributed by atoms with Crippen molar-refractivity contribution in [2.24, 2.45) is 5.92 Å². The third-order valence-corrected chi connectivity index (χ3v) is 3.48. The fourth-order valence-corrected chi connectivity index (χ4v) is 2.42. The molecule has 0 bridgehead atoms. The average Bonchev–Trinajstić information content (AvgIpc) is 2.93. The SMILES string of the molecule is N#CC(C(=O)c1cncc(Br)c1)C(=O)N1CCCC1. The summed E-state index contributed by atoms with van der Waals surface area (Å²) in [7, 11) is 0. The van der Waals surface area contributed by atoms with E-state index >= 15 is 0 Å². The molecule has 1 fully saturated rings. The number of carbonyl (C=O) groups is 2. The van der Waals surface area contributed by atoms with Crippen LogP contribution < -0.4 is 0 Å². The Kier molecular flexibility index (Phi) is 4.27. The van der Waals surface area contributed by atoms with Crippen molar-refractivity contribution >= 4 is 27.6 Å². The van der Waals surface area contributed by atoms with Crippen LogP contribution in [0.15, 0.2) is 22.9 Å². The molecule has 0 radical (unpaired) electrons. The minimum Gasteiger partial charge on any atom is -0.341 e. The largest absolute Gasteiger partial charge is 0.341 e. The van der Waals surface area contributed by atoms with E-state index in [0.29, 0.717) is 17.6 Å². The minimum absolute atomic E-state index is 0.272. The van der Waals surface area contributed by atoms with Crippen LogP contribution in [0.1, 0.15) is 23.2 Å². The van der Waals surface area contributed by atoms with E-state index in [1.807, 2.05) is 6.07 Å². The van der Waals surface area contributed by atoms with E-state index in [1.165, 1.54) is 6.20 Å². The third kappa shape index (κ3) is 2.99. The van der Waals surface area contributed by atoms with Crippen LogP contribution in [0.4, 0.5) is 0 Å². The summed E-state index contributed by atoms with van der Waals surface area (Å²) in [6.07, 6.45) is 4.77. The highest BCUT2D eigenvalue weighted by atomic mass is 79.9. The number of amides is 1. The molecule has 2 rings (SSSR count). The van der Waals surface area contributed by atoms with Gasteiger partial charge >= 0.3 is 0 Å². The van der Waals surface area contributed by atoms with Gasteiger partial charge in [-0.1, -0.05) is 0 Å². The lowest BCUT2D eigenvalue weighted by Gasteiger charge is -2.17. The second-order valence-corrected chi connectivity index (χ2v) is 5.27. The second-order valence-electron chi connectivity index (χ2n) is 4.35. The van der Waals surface area contributed by atoms with Gasteiger partial charge in [0.25, 0.3) is 0 Å². The van der Waals surface area contributed by atoms with Gasteiger partial charge in [0.2, 0.25) is 5.91 Å². The Hall–Kier alpha value is -1.74. The molecule has 0 aliphatic carbocycles. The zero-order valence-electron chi connectivity index (χ0n) is 10.2. The Balaban J connectivity index is 2.20. The molecule has 1 unspecified atom stereocenters. The summed E-state index contributed by atoms with van der Waals surface area (Å²) in [4.78, 5) is 29.8. The Labute approximate surface area is 119 Å². The van der Waals surface area contributed by atoms with Crippen LogP contribution in [0.25, 0.3) is 0 Å². The van der Waals surface area contributed by atoms with Crippen LogP contribution in [-0.2, 0) is 4.79 Å². The molecule has 1 aliphatic heterocycles. The quantitative estimate of drug-likeness (QED) is 0.628. The number of rotatable bonds is 3. The number of nitrogens with zero attached hydrogens (tertiary/aromatic N) is 3. The van der Waals surface area contributed by atoms with Gasteiger partial charge in [0, 0.05) is 35.5 Å². The summed E-state index contributed by atoms with van der Waals surface area (Å²) in [5.41, 5.74) is 0.272. The van der Waals surface area contributed by atoms with Crippen LogP contribution in [0.5, 0.6) is 0 Å². The molecule has 1 amide bonds. The number of ketones is 1. The molecule has 0 aromatic carbocycles. The predicted octanol–water partition coefficient (Wildman–Crippen LogP) is 1.79. The average molecular weight is 322 g/mol. The molecular formula is C13H12BrN3O2. The first-order valence-electron chi connectivity index (χ1n) is 5.96. The van der Waals surface area contributed by atoms with Gasteiger partial charge in [0.15, 0.2) is 11.7 Å². The maximum absolute atomic E-state index is 12.2. The molecule has 1 atom stereocenters. The number of halogens is 1. The number of pyridine rings is 1. The number of hydrogen-bond donors (Lipinski definition) is 0. The van der Waals surface area contributed by atoms with Gasteiger partial charge in [0.05, 0.1) is 6.07 Å². The fourth-order valence-electron chi connectivity index (χ4n) is 2.06. The van der Waals surface area contributed by atoms with Gasteiger partial charge in [-0.05, 0) is 34.8 Å². The summed E-state index contributed by atoms with van der Waals surface area (Å²) in [5.74, 6) is -2.16. The van der Waals surface area contributed by atoms with E-state index in [0.717, 1.165) is 12.8 Å². The molecular weight excluding hydrogens is 310 g/mol. The normalized spacial score (nSPS) is 15.9. The first kappa shape index (κ1) is 13.7. The van der Waals surface area contributed by atoms with E-state index in [2.05, 4.69) is 20.9 Å². The van der Waals surface area contributed by atoms with Crippen molar-refractivity contribution in [3.63, 3.8) is 0 Å². The minimum atomic E-state index is -1.27. The molecule has 6 heteroatoms. The fraction of sp³-hybridized carbons (Fsp3) is 0.385. The zero-order valence-corrected chi connectivity index (χ0v) is 11.8. The molecule has 0 spiro atoms. The van der Waals surface area contributed by atoms with Gasteiger partial charge in [0.1, 0.15) is 0 Å². The Bertz CT molecular complexity index is 547. The Morgan fingerprint density at radius 2 is 2.05 bits per heavy atom. The lowest BCUT2D eigenvalue weighted by atomic mass is 9.99. The van der Waals surface area contributed by atoms with E-state index < -0.39 is 17.6 Å². The van der Waals surface area contributed by atoms with Gasteiger partial charge in [-0.2, -0.15) is 5.26 Å². The van der Waals surface area contributed by atoms with Crippen molar-refractivity contribution in [2.75, 3.05) is 13.1 Å². The molecule has 19 heavy (non-hydrogen) atoms. The number of nitriles is 1. The molecule has 1 aromatic heterocycles. The van der Waals surface area contributed by atoms with Crippen LogP contribution in [0, 0.1) is 17.2 Å². The molecule has 1 aromatic rings. The highest BCUT2D eigenvalue weighted by Gasteiger charge is 2.32. The molecule has 98 valence electrons. The lowest BCUT2D eigenvalue weighted by Crippen LogP contribution is -2.37. The highest BCUT2D eigenvalue weighted by Crippen LogP contribution is 2.17. The van der Waals surface area contributed by atoms with Crippen LogP contribution in [-0.4, -0.2) is 34.7 Å². The van der Waals surface area contributed by atoms with Gasteiger partial charge < -0.3 is 4.90 Å². The Morgan fingerprint density at radius 3 is 2.63 bits per heavy atom. The number of carbonyl (C=O) groups excluding carboxylic acids is 2. The first-order chi connectivity index (χ1) is 9.13. The molecule has 2 heterocycles. The van der Waals surface area contributed by atoms with E-state index in [9.17, 15) is 9.59 Å². The van der Waals surface area contributed by atoms with Gasteiger partial charge in [-0.25, -0.2) is 0 Å². The summed E-state index contributed by atoms with van der Waals surface area (Å²) < 4.78 is 0.642. The smallest absolute Gasteiger partial charge is 0.247 e. The number of hydrogen-bond acceptors (Lipinski definition) is 4. The van der Waals surface area contributed by atoms with Crippen LogP contribution >= 0.6 is 15.9 Å². The van der Waals surface area contributed by atoms with Crippen LogP contribution in [0.3, 0.4) is 0 Å². The number of likely N-dealkylation sites (tertiary alicyclic amines) is 1. The number of aromatic nitrogens is 1. The van der Waals surface area contributed by atoms with E-state index in [1.54, 1.807) is 17.2 Å². The highest BCUT2D eigenvalue weighted by molar-refractivity contribution is 9.10. The van der Waals surface area contributed by atoms with Crippen molar-refractivity contribution in [2.45, 2.75) is 12.8 Å². The molecule has 5 nitrogen and oxygen atoms in total. The van der Waals surface area contributed by atoms with Crippen molar-refractivity contribution in [1.82, 2.24) is 9.88 Å². The van der Waals surface area contributed by atoms with E-state index in [-0.39, 0.29) is 5.56 Å². The molecule has 1 aliphatic rings. The predicted molar refractivity (Wildman–Crippen MR) is 71.2 cm³/mol. The standard InChI is InChI=1S/C13H12BrN3O2/c14-10-5-9(7-16-8-10)12(18)11(6-15)13(19)17-3-1-2-4-17/h5,7-8,11H,1-4H2. The second kappa shape index (κ2) is 5.93.